The van der Waals surface area contributed by atoms with Gasteiger partial charge in [0.2, 0.25) is 0 Å². The summed E-state index contributed by atoms with van der Waals surface area (Å²) in [4.78, 5) is -0.151. The smallest absolute Gasteiger partial charge is 0.293 e. The van der Waals surface area contributed by atoms with Gasteiger partial charge < -0.3 is 9.47 Å². The fourth-order valence-corrected chi connectivity index (χ4v) is 3.56. The zero-order valence-electron chi connectivity index (χ0n) is 15.0. The Hall–Kier alpha value is -1.99. The van der Waals surface area contributed by atoms with Crippen LogP contribution in [0, 0.1) is 0 Å². The highest BCUT2D eigenvalue weighted by Gasteiger charge is 2.27. The monoisotopic (exact) mass is 376 g/mol. The lowest BCUT2D eigenvalue weighted by atomic mass is 10.2. The SMILES string of the molecule is CC(C)=C(C(COCc1ccccc1)OCc1ccccc1)S(=O)(=O)O. The van der Waals surface area contributed by atoms with Crippen molar-refractivity contribution < 1.29 is 22.4 Å². The molecule has 0 saturated heterocycles. The number of rotatable bonds is 9. The van der Waals surface area contributed by atoms with Crippen molar-refractivity contribution in [2.45, 2.75) is 33.2 Å². The molecule has 2 aromatic carbocycles. The largest absolute Gasteiger partial charge is 0.374 e. The summed E-state index contributed by atoms with van der Waals surface area (Å²) in [7, 11) is -4.39. The van der Waals surface area contributed by atoms with Gasteiger partial charge in [-0.2, -0.15) is 8.42 Å². The molecule has 0 heterocycles. The second-order valence-corrected chi connectivity index (χ2v) is 7.52. The summed E-state index contributed by atoms with van der Waals surface area (Å²) in [5, 5.41) is 0. The van der Waals surface area contributed by atoms with Crippen molar-refractivity contribution in [2.75, 3.05) is 6.61 Å². The van der Waals surface area contributed by atoms with Gasteiger partial charge in [-0.25, -0.2) is 0 Å². The highest BCUT2D eigenvalue weighted by atomic mass is 32.2. The molecule has 5 nitrogen and oxygen atoms in total. The van der Waals surface area contributed by atoms with E-state index < -0.39 is 16.2 Å². The van der Waals surface area contributed by atoms with E-state index in [4.69, 9.17) is 9.47 Å². The van der Waals surface area contributed by atoms with Crippen LogP contribution in [0.1, 0.15) is 25.0 Å². The first-order valence-corrected chi connectivity index (χ1v) is 9.74. The quantitative estimate of drug-likeness (QED) is 0.671. The molecule has 6 heteroatoms. The average molecular weight is 376 g/mol. The molecule has 0 aliphatic rings. The molecule has 0 aliphatic carbocycles. The van der Waals surface area contributed by atoms with Crippen LogP contribution in [-0.4, -0.2) is 25.7 Å². The molecule has 1 atom stereocenters. The summed E-state index contributed by atoms with van der Waals surface area (Å²) < 4.78 is 44.7. The van der Waals surface area contributed by atoms with E-state index >= 15 is 0 Å². The number of hydrogen-bond acceptors (Lipinski definition) is 4. The molecular formula is C20H24O5S. The van der Waals surface area contributed by atoms with Crippen LogP contribution in [0.25, 0.3) is 0 Å². The third kappa shape index (κ3) is 6.38. The van der Waals surface area contributed by atoms with Gasteiger partial charge in [0.15, 0.2) is 0 Å². The van der Waals surface area contributed by atoms with E-state index in [0.29, 0.717) is 12.2 Å². The molecule has 0 aliphatic heterocycles. The predicted octanol–water partition coefficient (Wildman–Crippen LogP) is 3.97. The van der Waals surface area contributed by atoms with Crippen LogP contribution < -0.4 is 0 Å². The maximum Gasteiger partial charge on any atom is 0.293 e. The Morgan fingerprint density at radius 1 is 0.923 bits per heavy atom. The summed E-state index contributed by atoms with van der Waals surface area (Å²) in [6.45, 7) is 3.81. The van der Waals surface area contributed by atoms with Crippen molar-refractivity contribution in [1.29, 1.82) is 0 Å². The fraction of sp³-hybridized carbons (Fsp3) is 0.300. The van der Waals surface area contributed by atoms with Crippen molar-refractivity contribution in [3.8, 4) is 0 Å². The molecule has 2 rings (SSSR count). The zero-order valence-corrected chi connectivity index (χ0v) is 15.8. The molecule has 0 bridgehead atoms. The molecule has 1 N–H and O–H groups in total. The van der Waals surface area contributed by atoms with Gasteiger partial charge in [-0.1, -0.05) is 66.2 Å². The van der Waals surface area contributed by atoms with Gasteiger partial charge in [-0.3, -0.25) is 4.55 Å². The number of benzene rings is 2. The van der Waals surface area contributed by atoms with Crippen LogP contribution in [0.4, 0.5) is 0 Å². The second-order valence-electron chi connectivity index (χ2n) is 6.13. The Labute approximate surface area is 155 Å². The van der Waals surface area contributed by atoms with Crippen molar-refractivity contribution in [3.05, 3.63) is 82.3 Å². The van der Waals surface area contributed by atoms with Gasteiger partial charge in [-0.15, -0.1) is 0 Å². The summed E-state index contributed by atoms with van der Waals surface area (Å²) in [5.41, 5.74) is 2.35. The van der Waals surface area contributed by atoms with Gasteiger partial charge in [0.1, 0.15) is 11.0 Å². The predicted molar refractivity (Wildman–Crippen MR) is 101 cm³/mol. The highest BCUT2D eigenvalue weighted by molar-refractivity contribution is 7.89. The lowest BCUT2D eigenvalue weighted by Gasteiger charge is -2.21. The normalized spacial score (nSPS) is 12.6. The van der Waals surface area contributed by atoms with Gasteiger partial charge in [0.05, 0.1) is 19.8 Å². The highest BCUT2D eigenvalue weighted by Crippen LogP contribution is 2.20. The van der Waals surface area contributed by atoms with E-state index in [2.05, 4.69) is 0 Å². The first kappa shape index (κ1) is 20.3. The zero-order chi connectivity index (χ0) is 19.0. The van der Waals surface area contributed by atoms with Crippen LogP contribution in [0.5, 0.6) is 0 Å². The minimum Gasteiger partial charge on any atom is -0.374 e. The molecule has 0 spiro atoms. The van der Waals surface area contributed by atoms with Crippen molar-refractivity contribution in [1.82, 2.24) is 0 Å². The van der Waals surface area contributed by atoms with Crippen LogP contribution in [0.3, 0.4) is 0 Å². The molecule has 1 unspecified atom stereocenters. The maximum atomic E-state index is 11.8. The second kappa shape index (κ2) is 9.64. The summed E-state index contributed by atoms with van der Waals surface area (Å²) in [6.07, 6.45) is -0.890. The Bertz CT molecular complexity index is 810. The number of hydrogen-bond donors (Lipinski definition) is 1. The van der Waals surface area contributed by atoms with E-state index in [1.54, 1.807) is 13.8 Å². The Kier molecular flexibility index (Phi) is 7.53. The summed E-state index contributed by atoms with van der Waals surface area (Å²) >= 11 is 0. The molecule has 0 radical (unpaired) electrons. The summed E-state index contributed by atoms with van der Waals surface area (Å²) in [5.74, 6) is 0. The first-order chi connectivity index (χ1) is 12.4. The molecule has 0 saturated carbocycles. The van der Waals surface area contributed by atoms with Crippen LogP contribution in [-0.2, 0) is 32.8 Å². The molecule has 26 heavy (non-hydrogen) atoms. The lowest BCUT2D eigenvalue weighted by Crippen LogP contribution is -2.27. The van der Waals surface area contributed by atoms with Crippen LogP contribution in [0.2, 0.25) is 0 Å². The fourth-order valence-electron chi connectivity index (χ4n) is 2.57. The van der Waals surface area contributed by atoms with E-state index in [0.717, 1.165) is 11.1 Å². The number of allylic oxidation sites excluding steroid dienone is 1. The minimum absolute atomic E-state index is 0.0159. The molecule has 0 aromatic heterocycles. The van der Waals surface area contributed by atoms with Gasteiger partial charge in [0.25, 0.3) is 10.1 Å². The van der Waals surface area contributed by atoms with E-state index in [1.807, 2.05) is 60.7 Å². The minimum atomic E-state index is -4.39. The van der Waals surface area contributed by atoms with Gasteiger partial charge >= 0.3 is 0 Å². The van der Waals surface area contributed by atoms with Gasteiger partial charge in [0, 0.05) is 0 Å². The summed E-state index contributed by atoms with van der Waals surface area (Å²) in [6, 6.07) is 19.0. The maximum absolute atomic E-state index is 11.8. The Morgan fingerprint density at radius 3 is 1.88 bits per heavy atom. The van der Waals surface area contributed by atoms with Crippen molar-refractivity contribution in [2.24, 2.45) is 0 Å². The van der Waals surface area contributed by atoms with Crippen LogP contribution in [0.15, 0.2) is 71.1 Å². The molecule has 0 amide bonds. The Balaban J connectivity index is 2.11. The third-order valence-electron chi connectivity index (χ3n) is 3.74. The first-order valence-electron chi connectivity index (χ1n) is 8.30. The molecule has 140 valence electrons. The molecular weight excluding hydrogens is 352 g/mol. The third-order valence-corrected chi connectivity index (χ3v) is 4.96. The van der Waals surface area contributed by atoms with Crippen LogP contribution >= 0.6 is 0 Å². The van der Waals surface area contributed by atoms with Crippen molar-refractivity contribution >= 4 is 10.1 Å². The molecule has 0 fully saturated rings. The van der Waals surface area contributed by atoms with E-state index in [9.17, 15) is 13.0 Å². The number of ether oxygens (including phenoxy) is 2. The standard InChI is InChI=1S/C20H24O5S/c1-16(2)20(26(21,22)23)19(25-14-18-11-7-4-8-12-18)15-24-13-17-9-5-3-6-10-17/h3-12,19H,13-15H2,1-2H3,(H,21,22,23). The lowest BCUT2D eigenvalue weighted by molar-refractivity contribution is -0.00831. The van der Waals surface area contributed by atoms with Crippen molar-refractivity contribution in [3.63, 3.8) is 0 Å². The van der Waals surface area contributed by atoms with Gasteiger partial charge in [-0.05, 0) is 25.0 Å². The van der Waals surface area contributed by atoms with E-state index in [1.165, 1.54) is 0 Å². The van der Waals surface area contributed by atoms with E-state index in [-0.39, 0.29) is 18.1 Å². The Morgan fingerprint density at radius 2 is 1.42 bits per heavy atom. The average Bonchev–Trinajstić information content (AvgIpc) is 2.60. The topological polar surface area (TPSA) is 72.8 Å². The molecule has 2 aromatic rings.